The number of halogens is 2. The van der Waals surface area contributed by atoms with Crippen LogP contribution in [0.15, 0.2) is 24.3 Å². The third kappa shape index (κ3) is 2.71. The van der Waals surface area contributed by atoms with Crippen LogP contribution in [0.2, 0.25) is 0 Å². The molecule has 0 saturated heterocycles. The van der Waals surface area contributed by atoms with E-state index in [9.17, 15) is 14.0 Å². The van der Waals surface area contributed by atoms with Gasteiger partial charge in [0, 0.05) is 12.1 Å². The van der Waals surface area contributed by atoms with Crippen LogP contribution in [0.4, 0.5) is 4.39 Å². The van der Waals surface area contributed by atoms with Crippen LogP contribution in [-0.2, 0) is 6.54 Å². The molecule has 0 unspecified atom stereocenters. The molecule has 116 valence electrons. The van der Waals surface area contributed by atoms with Crippen molar-refractivity contribution in [2.45, 2.75) is 33.2 Å². The maximum absolute atomic E-state index is 13.2. The molecule has 0 aliphatic carbocycles. The lowest BCUT2D eigenvalue weighted by molar-refractivity contribution is 0.107. The van der Waals surface area contributed by atoms with E-state index in [1.54, 1.807) is 16.7 Å². The highest BCUT2D eigenvalue weighted by Gasteiger charge is 2.27. The normalized spacial score (nSPS) is 11.0. The molecule has 1 aromatic heterocycles. The Morgan fingerprint density at radius 1 is 1.32 bits per heavy atom. The van der Waals surface area contributed by atoms with Crippen LogP contribution in [0.1, 0.15) is 53.2 Å². The van der Waals surface area contributed by atoms with Crippen LogP contribution in [0.5, 0.6) is 0 Å². The standard InChI is InChI=1S/C17H17ClFNO2/c1-4-20-13(9-21)15(11-5-7-12(19)8-6-11)14(10(2)3)16(20)17(18)22/h5-10H,4H2,1-3H3. The molecule has 2 aromatic rings. The summed E-state index contributed by atoms with van der Waals surface area (Å²) in [6, 6.07) is 5.87. The molecule has 1 aromatic carbocycles. The second kappa shape index (κ2) is 6.44. The molecule has 0 bridgehead atoms. The summed E-state index contributed by atoms with van der Waals surface area (Å²) in [4.78, 5) is 23.5. The first-order valence-electron chi connectivity index (χ1n) is 7.09. The summed E-state index contributed by atoms with van der Waals surface area (Å²) in [7, 11) is 0. The summed E-state index contributed by atoms with van der Waals surface area (Å²) in [5, 5.41) is -0.595. The van der Waals surface area contributed by atoms with Gasteiger partial charge in [-0.25, -0.2) is 4.39 Å². The minimum atomic E-state index is -0.595. The fraction of sp³-hybridized carbons (Fsp3) is 0.294. The quantitative estimate of drug-likeness (QED) is 0.595. The van der Waals surface area contributed by atoms with Gasteiger partial charge in [-0.05, 0) is 47.7 Å². The van der Waals surface area contributed by atoms with Gasteiger partial charge in [0.15, 0.2) is 6.29 Å². The molecule has 5 heteroatoms. The number of aldehydes is 1. The number of carbonyl (C=O) groups excluding carboxylic acids is 2. The Morgan fingerprint density at radius 3 is 2.32 bits per heavy atom. The highest BCUT2D eigenvalue weighted by Crippen LogP contribution is 2.37. The van der Waals surface area contributed by atoms with Gasteiger partial charge in [-0.15, -0.1) is 0 Å². The van der Waals surface area contributed by atoms with Crippen molar-refractivity contribution >= 4 is 23.1 Å². The number of rotatable bonds is 5. The van der Waals surface area contributed by atoms with E-state index >= 15 is 0 Å². The molecule has 0 N–H and O–H groups in total. The van der Waals surface area contributed by atoms with Gasteiger partial charge >= 0.3 is 0 Å². The smallest absolute Gasteiger partial charge is 0.269 e. The third-order valence-corrected chi connectivity index (χ3v) is 3.84. The van der Waals surface area contributed by atoms with E-state index in [1.807, 2.05) is 20.8 Å². The number of nitrogens with zero attached hydrogens (tertiary/aromatic N) is 1. The average molecular weight is 322 g/mol. The van der Waals surface area contributed by atoms with Gasteiger partial charge in [-0.3, -0.25) is 9.59 Å². The van der Waals surface area contributed by atoms with Crippen molar-refractivity contribution in [3.8, 4) is 11.1 Å². The number of carbonyl (C=O) groups is 2. The fourth-order valence-electron chi connectivity index (χ4n) is 2.80. The minimum Gasteiger partial charge on any atom is -0.334 e. The van der Waals surface area contributed by atoms with Crippen LogP contribution < -0.4 is 0 Å². The number of hydrogen-bond acceptors (Lipinski definition) is 2. The number of benzene rings is 1. The highest BCUT2D eigenvalue weighted by molar-refractivity contribution is 6.67. The van der Waals surface area contributed by atoms with Crippen molar-refractivity contribution in [2.24, 2.45) is 0 Å². The minimum absolute atomic E-state index is 0.00995. The summed E-state index contributed by atoms with van der Waals surface area (Å²) in [6.45, 7) is 6.15. The van der Waals surface area contributed by atoms with Crippen molar-refractivity contribution in [1.82, 2.24) is 4.57 Å². The first-order chi connectivity index (χ1) is 10.4. The summed E-state index contributed by atoms with van der Waals surface area (Å²) in [5.74, 6) is -0.365. The Hall–Kier alpha value is -1.94. The maximum Gasteiger partial charge on any atom is 0.269 e. The van der Waals surface area contributed by atoms with E-state index < -0.39 is 5.24 Å². The SMILES string of the molecule is CCn1c(C=O)c(-c2ccc(F)cc2)c(C(C)C)c1C(=O)Cl. The largest absolute Gasteiger partial charge is 0.334 e. The van der Waals surface area contributed by atoms with E-state index in [-0.39, 0.29) is 11.7 Å². The van der Waals surface area contributed by atoms with Crippen LogP contribution in [0, 0.1) is 5.82 Å². The van der Waals surface area contributed by atoms with Gasteiger partial charge in [-0.2, -0.15) is 0 Å². The lowest BCUT2D eigenvalue weighted by atomic mass is 9.93. The van der Waals surface area contributed by atoms with Gasteiger partial charge in [0.05, 0.1) is 5.69 Å². The Morgan fingerprint density at radius 2 is 1.91 bits per heavy atom. The lowest BCUT2D eigenvalue weighted by Crippen LogP contribution is -2.08. The first kappa shape index (κ1) is 16.4. The Bertz CT molecular complexity index is 717. The highest BCUT2D eigenvalue weighted by atomic mass is 35.5. The number of hydrogen-bond donors (Lipinski definition) is 0. The van der Waals surface area contributed by atoms with Crippen LogP contribution >= 0.6 is 11.6 Å². The fourth-order valence-corrected chi connectivity index (χ4v) is 3.01. The molecule has 0 amide bonds. The molecule has 3 nitrogen and oxygen atoms in total. The molecule has 1 heterocycles. The van der Waals surface area contributed by atoms with Crippen molar-refractivity contribution in [3.63, 3.8) is 0 Å². The average Bonchev–Trinajstić information content (AvgIpc) is 2.82. The second-order valence-corrected chi connectivity index (χ2v) is 5.66. The molecule has 0 aliphatic heterocycles. The zero-order chi connectivity index (χ0) is 16.4. The summed E-state index contributed by atoms with van der Waals surface area (Å²) in [5.41, 5.74) is 2.78. The van der Waals surface area contributed by atoms with Gasteiger partial charge in [0.25, 0.3) is 5.24 Å². The Labute approximate surface area is 133 Å². The second-order valence-electron chi connectivity index (χ2n) is 5.32. The molecule has 0 aliphatic rings. The molecule has 0 atom stereocenters. The monoisotopic (exact) mass is 321 g/mol. The molecule has 2 rings (SSSR count). The lowest BCUT2D eigenvalue weighted by Gasteiger charge is -2.10. The van der Waals surface area contributed by atoms with E-state index in [2.05, 4.69) is 0 Å². The van der Waals surface area contributed by atoms with Gasteiger partial charge in [0.1, 0.15) is 11.5 Å². The van der Waals surface area contributed by atoms with Crippen molar-refractivity contribution in [3.05, 3.63) is 47.0 Å². The number of aromatic nitrogens is 1. The zero-order valence-electron chi connectivity index (χ0n) is 12.7. The van der Waals surface area contributed by atoms with Gasteiger partial charge in [-0.1, -0.05) is 26.0 Å². The summed E-state index contributed by atoms with van der Waals surface area (Å²) in [6.07, 6.45) is 0.720. The van der Waals surface area contributed by atoms with Crippen LogP contribution in [0.3, 0.4) is 0 Å². The van der Waals surface area contributed by atoms with Crippen molar-refractivity contribution < 1.29 is 14.0 Å². The Balaban J connectivity index is 2.89. The molecule has 22 heavy (non-hydrogen) atoms. The maximum atomic E-state index is 13.2. The van der Waals surface area contributed by atoms with Crippen LogP contribution in [-0.4, -0.2) is 16.1 Å². The molecular formula is C17H17ClFNO2. The topological polar surface area (TPSA) is 39.1 Å². The predicted molar refractivity (Wildman–Crippen MR) is 85.2 cm³/mol. The van der Waals surface area contributed by atoms with Gasteiger partial charge in [0.2, 0.25) is 0 Å². The molecule has 0 fully saturated rings. The molecule has 0 spiro atoms. The summed E-state index contributed by atoms with van der Waals surface area (Å²) >= 11 is 5.76. The summed E-state index contributed by atoms with van der Waals surface area (Å²) < 4.78 is 14.8. The van der Waals surface area contributed by atoms with E-state index in [0.29, 0.717) is 29.1 Å². The van der Waals surface area contributed by atoms with Crippen molar-refractivity contribution in [2.75, 3.05) is 0 Å². The Kier molecular flexibility index (Phi) is 4.81. The zero-order valence-corrected chi connectivity index (χ0v) is 13.4. The molecule has 0 radical (unpaired) electrons. The van der Waals surface area contributed by atoms with E-state index in [4.69, 9.17) is 11.6 Å². The first-order valence-corrected chi connectivity index (χ1v) is 7.47. The van der Waals surface area contributed by atoms with Crippen molar-refractivity contribution in [1.29, 1.82) is 0 Å². The molecular weight excluding hydrogens is 305 g/mol. The predicted octanol–water partition coefficient (Wildman–Crippen LogP) is 4.63. The van der Waals surface area contributed by atoms with Crippen LogP contribution in [0.25, 0.3) is 11.1 Å². The van der Waals surface area contributed by atoms with Gasteiger partial charge < -0.3 is 4.57 Å². The van der Waals surface area contributed by atoms with E-state index in [0.717, 1.165) is 11.8 Å². The molecule has 0 saturated carbocycles. The van der Waals surface area contributed by atoms with E-state index in [1.165, 1.54) is 12.1 Å². The third-order valence-electron chi connectivity index (χ3n) is 3.67.